The normalized spacial score (nSPS) is 12.3. The van der Waals surface area contributed by atoms with E-state index in [1.54, 1.807) is 7.11 Å². The van der Waals surface area contributed by atoms with Crippen LogP contribution in [0.3, 0.4) is 0 Å². The molecule has 4 heteroatoms. The lowest BCUT2D eigenvalue weighted by molar-refractivity contribution is -0.137. The zero-order chi connectivity index (χ0) is 14.6. The van der Waals surface area contributed by atoms with E-state index in [1.807, 2.05) is 27.0 Å². The van der Waals surface area contributed by atoms with Gasteiger partial charge in [-0.2, -0.15) is 0 Å². The van der Waals surface area contributed by atoms with Gasteiger partial charge in [0.15, 0.2) is 0 Å². The minimum absolute atomic E-state index is 0.0562. The van der Waals surface area contributed by atoms with Crippen molar-refractivity contribution in [2.24, 2.45) is 0 Å². The zero-order valence-electron chi connectivity index (χ0n) is 12.3. The van der Waals surface area contributed by atoms with Crippen molar-refractivity contribution in [2.45, 2.75) is 39.7 Å². The Bertz CT molecular complexity index is 469. The van der Waals surface area contributed by atoms with Crippen molar-refractivity contribution in [3.63, 3.8) is 0 Å². The molecule has 1 unspecified atom stereocenters. The molecule has 0 saturated heterocycles. The summed E-state index contributed by atoms with van der Waals surface area (Å²) in [6.07, 6.45) is 0.745. The van der Waals surface area contributed by atoms with Crippen LogP contribution in [0.2, 0.25) is 0 Å². The molecule has 0 saturated carbocycles. The molecule has 0 aromatic heterocycles. The highest BCUT2D eigenvalue weighted by molar-refractivity contribution is 5.66. The topological polar surface area (TPSA) is 58.6 Å². The number of benzene rings is 1. The first kappa shape index (κ1) is 15.5. The van der Waals surface area contributed by atoms with E-state index >= 15 is 0 Å². The highest BCUT2D eigenvalue weighted by Gasteiger charge is 2.18. The largest absolute Gasteiger partial charge is 0.496 e. The van der Waals surface area contributed by atoms with Gasteiger partial charge in [-0.25, -0.2) is 0 Å². The summed E-state index contributed by atoms with van der Waals surface area (Å²) in [5.41, 5.74) is 4.59. The Balaban J connectivity index is 3.17. The van der Waals surface area contributed by atoms with Crippen LogP contribution < -0.4 is 10.1 Å². The first-order valence-corrected chi connectivity index (χ1v) is 6.46. The molecule has 1 aromatic carbocycles. The van der Waals surface area contributed by atoms with Crippen LogP contribution in [0.4, 0.5) is 0 Å². The molecule has 0 fully saturated rings. The van der Waals surface area contributed by atoms with Gasteiger partial charge in [0.05, 0.1) is 7.11 Å². The zero-order valence-corrected chi connectivity index (χ0v) is 12.3. The third-order valence-corrected chi connectivity index (χ3v) is 3.67. The lowest BCUT2D eigenvalue weighted by atomic mass is 9.90. The second-order valence-corrected chi connectivity index (χ2v) is 4.83. The Morgan fingerprint density at radius 3 is 2.47 bits per heavy atom. The van der Waals surface area contributed by atoms with E-state index in [4.69, 9.17) is 9.84 Å². The average molecular weight is 265 g/mol. The van der Waals surface area contributed by atoms with Crippen molar-refractivity contribution in [1.82, 2.24) is 5.32 Å². The molecular formula is C15H23NO3. The Kier molecular flexibility index (Phi) is 5.36. The molecule has 106 valence electrons. The molecule has 4 nitrogen and oxygen atoms in total. The van der Waals surface area contributed by atoms with Crippen molar-refractivity contribution in [3.05, 3.63) is 28.3 Å². The molecule has 1 atom stereocenters. The quantitative estimate of drug-likeness (QED) is 0.830. The fourth-order valence-electron chi connectivity index (χ4n) is 2.51. The van der Waals surface area contributed by atoms with E-state index in [0.717, 1.165) is 16.9 Å². The maximum Gasteiger partial charge on any atom is 0.303 e. The van der Waals surface area contributed by atoms with Crippen molar-refractivity contribution < 1.29 is 14.6 Å². The van der Waals surface area contributed by atoms with Gasteiger partial charge in [0.2, 0.25) is 0 Å². The van der Waals surface area contributed by atoms with Crippen LogP contribution in [0.25, 0.3) is 0 Å². The van der Waals surface area contributed by atoms with Crippen LogP contribution in [0.5, 0.6) is 5.75 Å². The molecular weight excluding hydrogens is 242 g/mol. The van der Waals surface area contributed by atoms with Crippen LogP contribution >= 0.6 is 0 Å². The molecule has 0 aliphatic heterocycles. The lowest BCUT2D eigenvalue weighted by Gasteiger charge is -2.23. The summed E-state index contributed by atoms with van der Waals surface area (Å²) in [4.78, 5) is 10.7. The molecule has 19 heavy (non-hydrogen) atoms. The molecule has 0 aliphatic carbocycles. The third-order valence-electron chi connectivity index (χ3n) is 3.67. The summed E-state index contributed by atoms with van der Waals surface area (Å²) in [5.74, 6) is 0.118. The van der Waals surface area contributed by atoms with Crippen LogP contribution in [-0.2, 0) is 4.79 Å². The molecule has 0 bridgehead atoms. The molecule has 1 rings (SSSR count). The van der Waals surface area contributed by atoms with Gasteiger partial charge in [0, 0.05) is 12.5 Å². The van der Waals surface area contributed by atoms with E-state index < -0.39 is 5.97 Å². The molecule has 0 heterocycles. The van der Waals surface area contributed by atoms with Crippen LogP contribution in [-0.4, -0.2) is 25.2 Å². The fraction of sp³-hybridized carbons (Fsp3) is 0.533. The second-order valence-electron chi connectivity index (χ2n) is 4.83. The lowest BCUT2D eigenvalue weighted by Crippen LogP contribution is -2.20. The molecule has 0 spiro atoms. The monoisotopic (exact) mass is 265 g/mol. The van der Waals surface area contributed by atoms with E-state index in [1.165, 1.54) is 11.1 Å². The van der Waals surface area contributed by atoms with Crippen LogP contribution in [0.1, 0.15) is 41.1 Å². The highest BCUT2D eigenvalue weighted by Crippen LogP contribution is 2.32. The second kappa shape index (κ2) is 6.57. The van der Waals surface area contributed by atoms with E-state index in [0.29, 0.717) is 6.42 Å². The molecule has 0 amide bonds. The number of carboxylic acid groups (broad SMARTS) is 1. The molecule has 0 radical (unpaired) electrons. The Labute approximate surface area is 114 Å². The van der Waals surface area contributed by atoms with Gasteiger partial charge in [-0.3, -0.25) is 4.79 Å². The van der Waals surface area contributed by atoms with Crippen molar-refractivity contribution >= 4 is 5.97 Å². The number of hydrogen-bond donors (Lipinski definition) is 2. The summed E-state index contributed by atoms with van der Waals surface area (Å²) >= 11 is 0. The number of carboxylic acids is 1. The van der Waals surface area contributed by atoms with E-state index in [2.05, 4.69) is 12.2 Å². The summed E-state index contributed by atoms with van der Waals surface area (Å²) in [5, 5.41) is 12.0. The summed E-state index contributed by atoms with van der Waals surface area (Å²) in [6.45, 7) is 6.13. The Morgan fingerprint density at radius 1 is 1.37 bits per heavy atom. The number of aryl methyl sites for hydroxylation is 1. The molecule has 1 aromatic rings. The van der Waals surface area contributed by atoms with Gasteiger partial charge >= 0.3 is 5.97 Å². The minimum atomic E-state index is -0.763. The van der Waals surface area contributed by atoms with Gasteiger partial charge in [0.25, 0.3) is 0 Å². The number of rotatable bonds is 6. The summed E-state index contributed by atoms with van der Waals surface area (Å²) in [7, 11) is 3.53. The molecule has 2 N–H and O–H groups in total. The number of ether oxygens (including phenoxy) is 1. The SMILES string of the molecule is CNC(CCC(=O)O)c1c(C)cc(OC)c(C)c1C. The Hall–Kier alpha value is -1.55. The van der Waals surface area contributed by atoms with Gasteiger partial charge in [-0.05, 0) is 62.6 Å². The number of carbonyl (C=O) groups is 1. The minimum Gasteiger partial charge on any atom is -0.496 e. The van der Waals surface area contributed by atoms with Gasteiger partial charge in [-0.1, -0.05) is 0 Å². The van der Waals surface area contributed by atoms with E-state index in [-0.39, 0.29) is 12.5 Å². The van der Waals surface area contributed by atoms with Crippen molar-refractivity contribution in [2.75, 3.05) is 14.2 Å². The van der Waals surface area contributed by atoms with Crippen LogP contribution in [0, 0.1) is 20.8 Å². The number of hydrogen-bond acceptors (Lipinski definition) is 3. The van der Waals surface area contributed by atoms with Gasteiger partial charge < -0.3 is 15.2 Å². The van der Waals surface area contributed by atoms with Gasteiger partial charge in [-0.15, -0.1) is 0 Å². The summed E-state index contributed by atoms with van der Waals surface area (Å²) in [6, 6.07) is 2.07. The highest BCUT2D eigenvalue weighted by atomic mass is 16.5. The number of aliphatic carboxylic acids is 1. The third kappa shape index (κ3) is 3.47. The molecule has 0 aliphatic rings. The predicted octanol–water partition coefficient (Wildman–Crippen LogP) is 2.75. The maximum absolute atomic E-state index is 10.7. The Morgan fingerprint density at radius 2 is 2.00 bits per heavy atom. The van der Waals surface area contributed by atoms with Crippen molar-refractivity contribution in [3.8, 4) is 5.75 Å². The number of nitrogens with one attached hydrogen (secondary N) is 1. The predicted molar refractivity (Wildman–Crippen MR) is 75.9 cm³/mol. The maximum atomic E-state index is 10.7. The van der Waals surface area contributed by atoms with Gasteiger partial charge in [0.1, 0.15) is 5.75 Å². The first-order valence-electron chi connectivity index (χ1n) is 6.46. The van der Waals surface area contributed by atoms with Crippen LogP contribution in [0.15, 0.2) is 6.07 Å². The van der Waals surface area contributed by atoms with Crippen molar-refractivity contribution in [1.29, 1.82) is 0 Å². The standard InChI is InChI=1S/C15H23NO3/c1-9-8-13(19-5)10(2)11(3)15(9)12(16-4)6-7-14(17)18/h8,12,16H,6-7H2,1-5H3,(H,17,18). The smallest absolute Gasteiger partial charge is 0.303 e. The first-order chi connectivity index (χ1) is 8.92. The summed E-state index contributed by atoms with van der Waals surface area (Å²) < 4.78 is 5.36. The fourth-order valence-corrected chi connectivity index (χ4v) is 2.51. The van der Waals surface area contributed by atoms with E-state index in [9.17, 15) is 4.79 Å². The average Bonchev–Trinajstić information content (AvgIpc) is 2.37. The number of methoxy groups -OCH3 is 1.